The van der Waals surface area contributed by atoms with Crippen molar-refractivity contribution in [3.05, 3.63) is 77.7 Å². The zero-order chi connectivity index (χ0) is 28.9. The normalized spacial score (nSPS) is 16.9. The average molecular weight is 548 g/mol. The molecule has 1 aliphatic carbocycles. The molecule has 3 aromatic rings. The molecule has 0 spiro atoms. The first-order chi connectivity index (χ1) is 18.9. The minimum absolute atomic E-state index is 0.0425. The van der Waals surface area contributed by atoms with E-state index in [4.69, 9.17) is 18.9 Å². The Bertz CT molecular complexity index is 1310. The number of nitrogens with one attached hydrogen (secondary N) is 1. The Kier molecular flexibility index (Phi) is 8.61. The summed E-state index contributed by atoms with van der Waals surface area (Å²) < 4.78 is 22.2. The number of aromatic nitrogens is 2. The minimum atomic E-state index is -0.589. The third-order valence-electron chi connectivity index (χ3n) is 6.58. The van der Waals surface area contributed by atoms with E-state index in [9.17, 15) is 9.59 Å². The quantitative estimate of drug-likeness (QED) is 0.315. The maximum Gasteiger partial charge on any atom is 0.407 e. The number of hydrogen-bond donors (Lipinski definition) is 1. The molecule has 4 rings (SSSR count). The van der Waals surface area contributed by atoms with Gasteiger partial charge < -0.3 is 24.3 Å². The summed E-state index contributed by atoms with van der Waals surface area (Å²) >= 11 is 0. The van der Waals surface area contributed by atoms with Gasteiger partial charge in [-0.25, -0.2) is 14.6 Å². The van der Waals surface area contributed by atoms with Crippen molar-refractivity contribution in [3.63, 3.8) is 0 Å². The summed E-state index contributed by atoms with van der Waals surface area (Å²) in [5, 5.41) is 2.89. The van der Waals surface area contributed by atoms with Crippen LogP contribution in [0, 0.1) is 0 Å². The number of esters is 1. The Balaban J connectivity index is 1.31. The fraction of sp³-hybridized carbons (Fsp3) is 0.419. The number of carbonyl (C=O) groups is 2. The van der Waals surface area contributed by atoms with Crippen molar-refractivity contribution in [2.75, 3.05) is 6.61 Å². The number of nitrogens with zero attached hydrogens (tertiary/aromatic N) is 2. The molecule has 0 unspecified atom stereocenters. The zero-order valence-corrected chi connectivity index (χ0v) is 23.9. The number of carbonyl (C=O) groups excluding carboxylic acids is 2. The first-order valence-electron chi connectivity index (χ1n) is 13.5. The lowest BCUT2D eigenvalue weighted by atomic mass is 9.78. The molecular formula is C31H37N3O6. The maximum atomic E-state index is 11.9. The van der Waals surface area contributed by atoms with Crippen LogP contribution in [-0.4, -0.2) is 46.4 Å². The number of benzene rings is 2. The van der Waals surface area contributed by atoms with Crippen LogP contribution >= 0.6 is 0 Å². The van der Waals surface area contributed by atoms with Gasteiger partial charge in [0.25, 0.3) is 0 Å². The molecule has 0 saturated heterocycles. The van der Waals surface area contributed by atoms with Crippen LogP contribution in [0.5, 0.6) is 17.4 Å². The molecule has 1 N–H and O–H groups in total. The SMILES string of the molecule is CCOC(=O)c1nccc(Oc2ccc(C(C)(C)c3ccc(OC4CC(NC(=O)OC(C)(C)C)C4)cc3)cc2)n1. The number of alkyl carbamates (subject to hydrolysis) is 1. The Morgan fingerprint density at radius 2 is 1.50 bits per heavy atom. The van der Waals surface area contributed by atoms with Gasteiger partial charge >= 0.3 is 12.1 Å². The van der Waals surface area contributed by atoms with Crippen LogP contribution < -0.4 is 14.8 Å². The predicted octanol–water partition coefficient (Wildman–Crippen LogP) is 6.21. The molecule has 0 bridgehead atoms. The van der Waals surface area contributed by atoms with Crippen LogP contribution in [0.4, 0.5) is 4.79 Å². The van der Waals surface area contributed by atoms with Gasteiger partial charge in [-0.15, -0.1) is 0 Å². The fourth-order valence-corrected chi connectivity index (χ4v) is 4.32. The van der Waals surface area contributed by atoms with Crippen LogP contribution in [0.25, 0.3) is 0 Å². The fourth-order valence-electron chi connectivity index (χ4n) is 4.32. The van der Waals surface area contributed by atoms with Gasteiger partial charge in [-0.3, -0.25) is 0 Å². The lowest BCUT2D eigenvalue weighted by Crippen LogP contribution is -2.50. The molecule has 1 fully saturated rings. The van der Waals surface area contributed by atoms with Gasteiger partial charge in [0.2, 0.25) is 11.7 Å². The third-order valence-corrected chi connectivity index (χ3v) is 6.58. The van der Waals surface area contributed by atoms with Crippen molar-refractivity contribution in [3.8, 4) is 17.4 Å². The number of hydrogen-bond acceptors (Lipinski definition) is 8. The Labute approximate surface area is 235 Å². The summed E-state index contributed by atoms with van der Waals surface area (Å²) in [4.78, 5) is 31.9. The molecule has 1 aromatic heterocycles. The highest BCUT2D eigenvalue weighted by Gasteiger charge is 2.33. The Morgan fingerprint density at radius 3 is 2.08 bits per heavy atom. The average Bonchev–Trinajstić information content (AvgIpc) is 2.87. The van der Waals surface area contributed by atoms with Gasteiger partial charge in [-0.1, -0.05) is 38.1 Å². The van der Waals surface area contributed by atoms with E-state index >= 15 is 0 Å². The van der Waals surface area contributed by atoms with E-state index < -0.39 is 11.6 Å². The van der Waals surface area contributed by atoms with Crippen molar-refractivity contribution in [1.82, 2.24) is 15.3 Å². The molecule has 40 heavy (non-hydrogen) atoms. The van der Waals surface area contributed by atoms with Crippen LogP contribution in [0.2, 0.25) is 0 Å². The van der Waals surface area contributed by atoms with Crippen molar-refractivity contribution >= 4 is 12.1 Å². The van der Waals surface area contributed by atoms with E-state index in [-0.39, 0.29) is 42.0 Å². The standard InChI is InChI=1S/C31H37N3O6/c1-7-37-28(35)27-32-17-16-26(34-27)39-24-14-10-21(11-15-24)31(5,6)20-8-12-23(13-9-20)38-25-18-22(19-25)33-29(36)40-30(2,3)4/h8-17,22,25H,7,18-19H2,1-6H3,(H,33,36). The van der Waals surface area contributed by atoms with Gasteiger partial charge in [0, 0.05) is 36.6 Å². The molecule has 212 valence electrons. The van der Waals surface area contributed by atoms with Gasteiger partial charge in [0.05, 0.1) is 6.61 Å². The molecule has 1 amide bonds. The van der Waals surface area contributed by atoms with E-state index in [0.717, 1.165) is 29.7 Å². The molecule has 0 aliphatic heterocycles. The molecular weight excluding hydrogens is 510 g/mol. The Morgan fingerprint density at radius 1 is 0.900 bits per heavy atom. The molecule has 2 aromatic carbocycles. The first-order valence-corrected chi connectivity index (χ1v) is 13.5. The lowest BCUT2D eigenvalue weighted by molar-refractivity contribution is 0.0362. The molecule has 0 atom stereocenters. The maximum absolute atomic E-state index is 11.9. The van der Waals surface area contributed by atoms with Crippen molar-refractivity contribution in [1.29, 1.82) is 0 Å². The largest absolute Gasteiger partial charge is 0.490 e. The molecule has 1 aliphatic rings. The van der Waals surface area contributed by atoms with Crippen molar-refractivity contribution in [2.45, 2.75) is 77.5 Å². The first kappa shape index (κ1) is 28.9. The number of rotatable bonds is 9. The third kappa shape index (κ3) is 7.49. The van der Waals surface area contributed by atoms with Gasteiger partial charge in [-0.2, -0.15) is 4.98 Å². The predicted molar refractivity (Wildman–Crippen MR) is 150 cm³/mol. The molecule has 9 nitrogen and oxygen atoms in total. The van der Waals surface area contributed by atoms with Crippen LogP contribution in [0.1, 0.15) is 76.1 Å². The summed E-state index contributed by atoms with van der Waals surface area (Å²) in [6, 6.07) is 17.6. The van der Waals surface area contributed by atoms with Gasteiger partial charge in [0.1, 0.15) is 23.2 Å². The summed E-state index contributed by atoms with van der Waals surface area (Å²) in [6.45, 7) is 11.8. The summed E-state index contributed by atoms with van der Waals surface area (Å²) in [6.07, 6.45) is 2.64. The molecule has 9 heteroatoms. The molecule has 0 radical (unpaired) electrons. The second kappa shape index (κ2) is 11.9. The van der Waals surface area contributed by atoms with Crippen molar-refractivity contribution < 1.29 is 28.5 Å². The molecule has 1 heterocycles. The van der Waals surface area contributed by atoms with Crippen LogP contribution in [-0.2, 0) is 14.9 Å². The van der Waals surface area contributed by atoms with E-state index in [0.29, 0.717) is 5.75 Å². The topological polar surface area (TPSA) is 109 Å². The highest BCUT2D eigenvalue weighted by atomic mass is 16.6. The van der Waals surface area contributed by atoms with E-state index in [2.05, 4.69) is 41.3 Å². The minimum Gasteiger partial charge on any atom is -0.490 e. The smallest absolute Gasteiger partial charge is 0.407 e. The summed E-state index contributed by atoms with van der Waals surface area (Å²) in [5.41, 5.74) is 1.48. The highest BCUT2D eigenvalue weighted by Crippen LogP contribution is 2.35. The second-order valence-electron chi connectivity index (χ2n) is 11.3. The highest BCUT2D eigenvalue weighted by molar-refractivity contribution is 5.85. The van der Waals surface area contributed by atoms with Crippen LogP contribution in [0.3, 0.4) is 0 Å². The van der Waals surface area contributed by atoms with Gasteiger partial charge in [-0.05, 0) is 63.1 Å². The van der Waals surface area contributed by atoms with E-state index in [1.807, 2.05) is 57.2 Å². The van der Waals surface area contributed by atoms with Gasteiger partial charge in [0.15, 0.2) is 0 Å². The summed E-state index contributed by atoms with van der Waals surface area (Å²) in [5.74, 6) is 1.03. The van der Waals surface area contributed by atoms with E-state index in [1.165, 1.54) is 6.20 Å². The molecule has 1 saturated carbocycles. The number of ether oxygens (including phenoxy) is 4. The second-order valence-corrected chi connectivity index (χ2v) is 11.3. The number of amides is 1. The summed E-state index contributed by atoms with van der Waals surface area (Å²) in [7, 11) is 0. The zero-order valence-electron chi connectivity index (χ0n) is 23.9. The van der Waals surface area contributed by atoms with Crippen LogP contribution in [0.15, 0.2) is 60.8 Å². The van der Waals surface area contributed by atoms with E-state index in [1.54, 1.807) is 13.0 Å². The lowest BCUT2D eigenvalue weighted by Gasteiger charge is -2.36. The van der Waals surface area contributed by atoms with Crippen molar-refractivity contribution in [2.24, 2.45) is 0 Å². The Hall–Kier alpha value is -4.14. The monoisotopic (exact) mass is 547 g/mol.